The predicted molar refractivity (Wildman–Crippen MR) is 107 cm³/mol. The quantitative estimate of drug-likeness (QED) is 0.802. The van der Waals surface area contributed by atoms with Crippen LogP contribution in [0.4, 0.5) is 5.69 Å². The van der Waals surface area contributed by atoms with Crippen molar-refractivity contribution in [2.75, 3.05) is 18.4 Å². The van der Waals surface area contributed by atoms with Crippen molar-refractivity contribution in [3.05, 3.63) is 59.2 Å². The molecule has 0 aromatic heterocycles. The normalized spacial score (nSPS) is 15.2. The van der Waals surface area contributed by atoms with Crippen LogP contribution in [0.2, 0.25) is 0 Å². The van der Waals surface area contributed by atoms with Crippen LogP contribution < -0.4 is 11.1 Å². The standard InChI is InChI=1S/C20H23N3O4S/c1-14-13-15(9-10-16(14)19(21)24)22-20(25)17-7-3-4-8-18(17)28(26,27)23-11-5-2-6-12-23/h3-4,7-10,13H,2,5-6,11-12H2,1H3,(H2,21,24)(H,22,25). The second-order valence-corrected chi connectivity index (χ2v) is 8.72. The van der Waals surface area contributed by atoms with Gasteiger partial charge in [-0.2, -0.15) is 4.31 Å². The van der Waals surface area contributed by atoms with Crippen molar-refractivity contribution < 1.29 is 18.0 Å². The Kier molecular flexibility index (Phi) is 5.81. The lowest BCUT2D eigenvalue weighted by atomic mass is 10.1. The molecule has 1 fully saturated rings. The second kappa shape index (κ2) is 8.12. The average Bonchev–Trinajstić information content (AvgIpc) is 2.68. The summed E-state index contributed by atoms with van der Waals surface area (Å²) in [6, 6.07) is 10.9. The summed E-state index contributed by atoms with van der Waals surface area (Å²) in [4.78, 5) is 24.2. The minimum atomic E-state index is -3.74. The maximum Gasteiger partial charge on any atom is 0.257 e. The Balaban J connectivity index is 1.89. The molecule has 7 nitrogen and oxygen atoms in total. The molecule has 3 N–H and O–H groups in total. The minimum absolute atomic E-state index is 0.000113. The third-order valence-corrected chi connectivity index (χ3v) is 6.77. The Morgan fingerprint density at radius 1 is 1.00 bits per heavy atom. The molecule has 3 rings (SSSR count). The summed E-state index contributed by atoms with van der Waals surface area (Å²) < 4.78 is 27.5. The van der Waals surface area contributed by atoms with Crippen LogP contribution in [0.25, 0.3) is 0 Å². The van der Waals surface area contributed by atoms with Crippen LogP contribution >= 0.6 is 0 Å². The smallest absolute Gasteiger partial charge is 0.257 e. The van der Waals surface area contributed by atoms with Gasteiger partial charge in [0.15, 0.2) is 0 Å². The van der Waals surface area contributed by atoms with Crippen molar-refractivity contribution in [1.29, 1.82) is 0 Å². The van der Waals surface area contributed by atoms with Crippen LogP contribution in [-0.2, 0) is 10.0 Å². The van der Waals surface area contributed by atoms with E-state index in [2.05, 4.69) is 5.32 Å². The van der Waals surface area contributed by atoms with Gasteiger partial charge in [0.1, 0.15) is 0 Å². The zero-order valence-corrected chi connectivity index (χ0v) is 16.5. The first-order valence-electron chi connectivity index (χ1n) is 9.11. The third kappa shape index (κ3) is 4.07. The number of nitrogens with zero attached hydrogens (tertiary/aromatic N) is 1. The molecule has 1 heterocycles. The number of aryl methyl sites for hydroxylation is 1. The van der Waals surface area contributed by atoms with Crippen molar-refractivity contribution in [2.24, 2.45) is 5.73 Å². The van der Waals surface area contributed by atoms with E-state index < -0.39 is 21.8 Å². The SMILES string of the molecule is Cc1cc(NC(=O)c2ccccc2S(=O)(=O)N2CCCCC2)ccc1C(N)=O. The number of hydrogen-bond acceptors (Lipinski definition) is 4. The van der Waals surface area contributed by atoms with Crippen molar-refractivity contribution >= 4 is 27.5 Å². The minimum Gasteiger partial charge on any atom is -0.366 e. The van der Waals surface area contributed by atoms with Crippen LogP contribution in [0.3, 0.4) is 0 Å². The molecule has 2 aromatic carbocycles. The van der Waals surface area contributed by atoms with Crippen LogP contribution in [0.5, 0.6) is 0 Å². The van der Waals surface area contributed by atoms with E-state index >= 15 is 0 Å². The zero-order valence-electron chi connectivity index (χ0n) is 15.6. The van der Waals surface area contributed by atoms with Gasteiger partial charge >= 0.3 is 0 Å². The number of piperidine rings is 1. The van der Waals surface area contributed by atoms with E-state index in [0.29, 0.717) is 29.9 Å². The van der Waals surface area contributed by atoms with E-state index in [1.807, 2.05) is 0 Å². The van der Waals surface area contributed by atoms with Gasteiger partial charge < -0.3 is 11.1 Å². The summed E-state index contributed by atoms with van der Waals surface area (Å²) in [5.74, 6) is -1.07. The maximum absolute atomic E-state index is 13.0. The summed E-state index contributed by atoms with van der Waals surface area (Å²) in [7, 11) is -3.74. The van der Waals surface area contributed by atoms with Crippen LogP contribution in [0, 0.1) is 6.92 Å². The number of nitrogens with one attached hydrogen (secondary N) is 1. The van der Waals surface area contributed by atoms with Gasteiger partial charge in [0, 0.05) is 24.3 Å². The molecule has 1 aliphatic rings. The highest BCUT2D eigenvalue weighted by Gasteiger charge is 2.29. The van der Waals surface area contributed by atoms with E-state index in [0.717, 1.165) is 19.3 Å². The predicted octanol–water partition coefficient (Wildman–Crippen LogP) is 2.52. The van der Waals surface area contributed by atoms with Gasteiger partial charge in [0.25, 0.3) is 5.91 Å². The van der Waals surface area contributed by atoms with Crippen molar-refractivity contribution in [3.8, 4) is 0 Å². The molecule has 0 saturated carbocycles. The van der Waals surface area contributed by atoms with E-state index in [4.69, 9.17) is 5.73 Å². The molecule has 8 heteroatoms. The summed E-state index contributed by atoms with van der Waals surface area (Å²) in [5.41, 5.74) is 6.83. The Morgan fingerprint density at radius 2 is 1.68 bits per heavy atom. The zero-order chi connectivity index (χ0) is 20.3. The van der Waals surface area contributed by atoms with Gasteiger partial charge in [0.2, 0.25) is 15.9 Å². The van der Waals surface area contributed by atoms with E-state index in [1.165, 1.54) is 22.5 Å². The van der Waals surface area contributed by atoms with Crippen molar-refractivity contribution in [1.82, 2.24) is 4.31 Å². The number of amides is 2. The van der Waals surface area contributed by atoms with E-state index in [9.17, 15) is 18.0 Å². The monoisotopic (exact) mass is 401 g/mol. The highest BCUT2D eigenvalue weighted by Crippen LogP contribution is 2.24. The summed E-state index contributed by atoms with van der Waals surface area (Å²) in [6.45, 7) is 2.64. The summed E-state index contributed by atoms with van der Waals surface area (Å²) in [5, 5.41) is 2.71. The molecule has 148 valence electrons. The molecule has 1 saturated heterocycles. The number of anilines is 1. The largest absolute Gasteiger partial charge is 0.366 e. The van der Waals surface area contributed by atoms with Crippen molar-refractivity contribution in [3.63, 3.8) is 0 Å². The van der Waals surface area contributed by atoms with E-state index in [1.54, 1.807) is 31.2 Å². The fraction of sp³-hybridized carbons (Fsp3) is 0.300. The molecular weight excluding hydrogens is 378 g/mol. The summed E-state index contributed by atoms with van der Waals surface area (Å²) in [6.07, 6.45) is 2.65. The van der Waals surface area contributed by atoms with Gasteiger partial charge in [0.05, 0.1) is 10.5 Å². The Bertz CT molecular complexity index is 1010. The Labute approximate surface area is 164 Å². The number of hydrogen-bond donors (Lipinski definition) is 2. The molecule has 0 atom stereocenters. The third-order valence-electron chi connectivity index (χ3n) is 4.81. The lowest BCUT2D eigenvalue weighted by molar-refractivity contribution is 0.0997. The van der Waals surface area contributed by atoms with Gasteiger partial charge in [-0.05, 0) is 55.7 Å². The molecule has 28 heavy (non-hydrogen) atoms. The Hall–Kier alpha value is -2.71. The van der Waals surface area contributed by atoms with Gasteiger partial charge in [-0.15, -0.1) is 0 Å². The molecule has 0 radical (unpaired) electrons. The molecule has 2 amide bonds. The van der Waals surface area contributed by atoms with E-state index in [-0.39, 0.29) is 10.5 Å². The van der Waals surface area contributed by atoms with Crippen LogP contribution in [0.1, 0.15) is 45.5 Å². The van der Waals surface area contributed by atoms with Crippen molar-refractivity contribution in [2.45, 2.75) is 31.1 Å². The van der Waals surface area contributed by atoms with Crippen LogP contribution in [-0.4, -0.2) is 37.6 Å². The fourth-order valence-electron chi connectivity index (χ4n) is 3.34. The molecule has 2 aromatic rings. The highest BCUT2D eigenvalue weighted by atomic mass is 32.2. The van der Waals surface area contributed by atoms with Gasteiger partial charge in [-0.25, -0.2) is 8.42 Å². The molecule has 0 aliphatic carbocycles. The second-order valence-electron chi connectivity index (χ2n) is 6.81. The highest BCUT2D eigenvalue weighted by molar-refractivity contribution is 7.89. The van der Waals surface area contributed by atoms with Gasteiger partial charge in [-0.3, -0.25) is 9.59 Å². The number of rotatable bonds is 5. The molecule has 0 unspecified atom stereocenters. The molecule has 1 aliphatic heterocycles. The lowest BCUT2D eigenvalue weighted by Gasteiger charge is -2.26. The molecular formula is C20H23N3O4S. The molecule has 0 spiro atoms. The average molecular weight is 401 g/mol. The lowest BCUT2D eigenvalue weighted by Crippen LogP contribution is -2.36. The molecule has 0 bridgehead atoms. The Morgan fingerprint density at radius 3 is 2.32 bits per heavy atom. The first-order chi connectivity index (χ1) is 13.3. The number of carbonyl (C=O) groups excluding carboxylic acids is 2. The number of carbonyl (C=O) groups is 2. The van der Waals surface area contributed by atoms with Crippen LogP contribution in [0.15, 0.2) is 47.4 Å². The topological polar surface area (TPSA) is 110 Å². The first-order valence-corrected chi connectivity index (χ1v) is 10.6. The summed E-state index contributed by atoms with van der Waals surface area (Å²) >= 11 is 0. The van der Waals surface area contributed by atoms with Gasteiger partial charge in [-0.1, -0.05) is 18.6 Å². The number of nitrogens with two attached hydrogens (primary N) is 1. The maximum atomic E-state index is 13.0. The number of sulfonamides is 1. The number of primary amides is 1. The number of benzene rings is 2. The fourth-order valence-corrected chi connectivity index (χ4v) is 5.05. The first kappa shape index (κ1) is 20.0.